The van der Waals surface area contributed by atoms with Crippen molar-refractivity contribution in [1.82, 2.24) is 4.98 Å². The second kappa shape index (κ2) is 7.95. The minimum Gasteiger partial charge on any atom is -0.256 e. The predicted octanol–water partition coefficient (Wildman–Crippen LogP) is 6.63. The number of benzene rings is 2. The monoisotopic (exact) mass is 365 g/mol. The zero-order valence-corrected chi connectivity index (χ0v) is 16.9. The molecule has 1 aliphatic carbocycles. The van der Waals surface area contributed by atoms with Gasteiger partial charge in [0.25, 0.3) is 0 Å². The van der Waals surface area contributed by atoms with E-state index in [-0.39, 0.29) is 5.31 Å². The molecular formula is C26H28BN. The van der Waals surface area contributed by atoms with E-state index in [1.807, 2.05) is 24.4 Å². The molecule has 1 aliphatic rings. The van der Waals surface area contributed by atoms with Crippen LogP contribution in [0.3, 0.4) is 0 Å². The Morgan fingerprint density at radius 1 is 0.964 bits per heavy atom. The van der Waals surface area contributed by atoms with Crippen LogP contribution in [0.2, 0.25) is 0 Å². The van der Waals surface area contributed by atoms with Crippen LogP contribution in [-0.4, -0.2) is 12.8 Å². The SMILES string of the molecule is [B]C1(c2cccc(-c3ccc(-c4ccccc4)nc3)c2)CC(C)CC1CCC. The lowest BCUT2D eigenvalue weighted by Gasteiger charge is -2.33. The molecular weight excluding hydrogens is 337 g/mol. The molecule has 3 aromatic rings. The lowest BCUT2D eigenvalue weighted by molar-refractivity contribution is 0.399. The van der Waals surface area contributed by atoms with Gasteiger partial charge in [0.1, 0.15) is 0 Å². The molecule has 1 saturated carbocycles. The molecule has 1 nitrogen and oxygen atoms in total. The molecule has 3 unspecified atom stereocenters. The third-order valence-corrected chi connectivity index (χ3v) is 6.31. The van der Waals surface area contributed by atoms with Gasteiger partial charge in [-0.05, 0) is 47.2 Å². The Labute approximate surface area is 170 Å². The van der Waals surface area contributed by atoms with Gasteiger partial charge in [-0.1, -0.05) is 87.4 Å². The standard InChI is InChI=1S/C26H28BN/c1-3-8-23-15-19(2)17-26(23,27)24-12-7-11-21(16-24)22-13-14-25(28-18-22)20-9-5-4-6-10-20/h4-7,9-14,16,18-19,23H,3,8,15,17H2,1-2H3. The number of nitrogens with zero attached hydrogens (tertiary/aromatic N) is 1. The van der Waals surface area contributed by atoms with Crippen molar-refractivity contribution in [2.24, 2.45) is 11.8 Å². The van der Waals surface area contributed by atoms with Gasteiger partial charge in [0, 0.05) is 17.3 Å². The van der Waals surface area contributed by atoms with E-state index in [4.69, 9.17) is 12.8 Å². The maximum absolute atomic E-state index is 7.03. The first-order valence-electron chi connectivity index (χ1n) is 10.5. The summed E-state index contributed by atoms with van der Waals surface area (Å²) >= 11 is 0. The van der Waals surface area contributed by atoms with E-state index < -0.39 is 0 Å². The van der Waals surface area contributed by atoms with Gasteiger partial charge in [-0.3, -0.25) is 4.98 Å². The smallest absolute Gasteiger partial charge is 0.0814 e. The van der Waals surface area contributed by atoms with Crippen molar-refractivity contribution in [3.8, 4) is 22.4 Å². The molecule has 140 valence electrons. The van der Waals surface area contributed by atoms with Gasteiger partial charge in [-0.15, -0.1) is 0 Å². The van der Waals surface area contributed by atoms with Crippen LogP contribution in [-0.2, 0) is 5.31 Å². The van der Waals surface area contributed by atoms with Crippen LogP contribution in [0.25, 0.3) is 22.4 Å². The van der Waals surface area contributed by atoms with E-state index in [1.54, 1.807) is 0 Å². The Morgan fingerprint density at radius 3 is 2.46 bits per heavy atom. The summed E-state index contributed by atoms with van der Waals surface area (Å²) in [7, 11) is 7.03. The van der Waals surface area contributed by atoms with Crippen molar-refractivity contribution in [3.63, 3.8) is 0 Å². The Kier molecular flexibility index (Phi) is 5.39. The fraction of sp³-hybridized carbons (Fsp3) is 0.346. The van der Waals surface area contributed by atoms with E-state index in [2.05, 4.69) is 62.4 Å². The number of hydrogen-bond donors (Lipinski definition) is 0. The molecule has 0 aliphatic heterocycles. The van der Waals surface area contributed by atoms with Crippen molar-refractivity contribution in [2.75, 3.05) is 0 Å². The van der Waals surface area contributed by atoms with Crippen LogP contribution in [0, 0.1) is 11.8 Å². The minimum atomic E-state index is -0.206. The zero-order valence-electron chi connectivity index (χ0n) is 16.9. The second-order valence-corrected chi connectivity index (χ2v) is 8.45. The van der Waals surface area contributed by atoms with Crippen molar-refractivity contribution in [2.45, 2.75) is 44.8 Å². The van der Waals surface area contributed by atoms with Crippen LogP contribution in [0.5, 0.6) is 0 Å². The number of pyridine rings is 1. The molecule has 2 aromatic carbocycles. The number of hydrogen-bond acceptors (Lipinski definition) is 1. The minimum absolute atomic E-state index is 0.206. The molecule has 0 amide bonds. The summed E-state index contributed by atoms with van der Waals surface area (Å²) in [6, 6.07) is 23.4. The van der Waals surface area contributed by atoms with Crippen molar-refractivity contribution >= 4 is 7.85 Å². The van der Waals surface area contributed by atoms with Gasteiger partial charge < -0.3 is 0 Å². The van der Waals surface area contributed by atoms with E-state index in [9.17, 15) is 0 Å². The van der Waals surface area contributed by atoms with Crippen molar-refractivity contribution in [1.29, 1.82) is 0 Å². The normalized spacial score (nSPS) is 24.4. The largest absolute Gasteiger partial charge is 0.256 e. The highest BCUT2D eigenvalue weighted by Gasteiger charge is 2.42. The Bertz CT molecular complexity index is 919. The van der Waals surface area contributed by atoms with Gasteiger partial charge >= 0.3 is 0 Å². The van der Waals surface area contributed by atoms with Crippen LogP contribution in [0.15, 0.2) is 72.9 Å². The molecule has 2 radical (unpaired) electrons. The van der Waals surface area contributed by atoms with E-state index in [0.717, 1.165) is 23.2 Å². The first kappa shape index (κ1) is 19.0. The first-order chi connectivity index (χ1) is 13.6. The fourth-order valence-corrected chi connectivity index (χ4v) is 4.93. The third-order valence-electron chi connectivity index (χ3n) is 6.31. The number of aromatic nitrogens is 1. The van der Waals surface area contributed by atoms with Crippen LogP contribution >= 0.6 is 0 Å². The summed E-state index contributed by atoms with van der Waals surface area (Å²) in [6.45, 7) is 4.60. The average molecular weight is 365 g/mol. The van der Waals surface area contributed by atoms with Gasteiger partial charge in [-0.25, -0.2) is 0 Å². The summed E-state index contributed by atoms with van der Waals surface area (Å²) in [5.74, 6) is 1.26. The molecule has 4 rings (SSSR count). The van der Waals surface area contributed by atoms with E-state index in [1.165, 1.54) is 30.4 Å². The zero-order chi connectivity index (χ0) is 19.6. The molecule has 0 spiro atoms. The molecule has 2 heteroatoms. The first-order valence-corrected chi connectivity index (χ1v) is 10.5. The van der Waals surface area contributed by atoms with Gasteiger partial charge in [0.05, 0.1) is 13.5 Å². The molecule has 1 aromatic heterocycles. The molecule has 0 saturated heterocycles. The Balaban J connectivity index is 1.64. The molecule has 1 fully saturated rings. The summed E-state index contributed by atoms with van der Waals surface area (Å²) in [4.78, 5) is 4.70. The highest BCUT2D eigenvalue weighted by molar-refractivity contribution is 6.16. The molecule has 3 atom stereocenters. The van der Waals surface area contributed by atoms with Crippen molar-refractivity contribution < 1.29 is 0 Å². The van der Waals surface area contributed by atoms with Crippen molar-refractivity contribution in [3.05, 3.63) is 78.5 Å². The highest BCUT2D eigenvalue weighted by atomic mass is 14.7. The maximum Gasteiger partial charge on any atom is 0.0814 e. The topological polar surface area (TPSA) is 12.9 Å². The van der Waals surface area contributed by atoms with E-state index in [0.29, 0.717) is 11.8 Å². The molecule has 1 heterocycles. The van der Waals surface area contributed by atoms with Crippen LogP contribution in [0.4, 0.5) is 0 Å². The molecule has 28 heavy (non-hydrogen) atoms. The molecule has 0 N–H and O–H groups in total. The summed E-state index contributed by atoms with van der Waals surface area (Å²) < 4.78 is 0. The lowest BCUT2D eigenvalue weighted by Crippen LogP contribution is -2.31. The highest BCUT2D eigenvalue weighted by Crippen LogP contribution is 2.48. The summed E-state index contributed by atoms with van der Waals surface area (Å²) in [5, 5.41) is -0.206. The second-order valence-electron chi connectivity index (χ2n) is 8.45. The predicted molar refractivity (Wildman–Crippen MR) is 119 cm³/mol. The quantitative estimate of drug-likeness (QED) is 0.463. The average Bonchev–Trinajstić information content (AvgIpc) is 3.03. The maximum atomic E-state index is 7.03. The van der Waals surface area contributed by atoms with Gasteiger partial charge in [-0.2, -0.15) is 0 Å². The van der Waals surface area contributed by atoms with Crippen LogP contribution < -0.4 is 0 Å². The van der Waals surface area contributed by atoms with Crippen LogP contribution in [0.1, 0.15) is 45.1 Å². The Morgan fingerprint density at radius 2 is 1.75 bits per heavy atom. The summed E-state index contributed by atoms with van der Waals surface area (Å²) in [5.41, 5.74) is 5.77. The third kappa shape index (κ3) is 3.65. The van der Waals surface area contributed by atoms with E-state index >= 15 is 0 Å². The fourth-order valence-electron chi connectivity index (χ4n) is 4.93. The van der Waals surface area contributed by atoms with Gasteiger partial charge in [0.15, 0.2) is 0 Å². The number of rotatable bonds is 5. The Hall–Kier alpha value is -2.35. The molecule has 0 bridgehead atoms. The van der Waals surface area contributed by atoms with Gasteiger partial charge in [0.2, 0.25) is 0 Å². The summed E-state index contributed by atoms with van der Waals surface area (Å²) in [6.07, 6.45) is 6.69. The lowest BCUT2D eigenvalue weighted by atomic mass is 9.57.